The number of piperidine rings is 1. The van der Waals surface area contributed by atoms with Crippen molar-refractivity contribution < 1.29 is 4.42 Å². The summed E-state index contributed by atoms with van der Waals surface area (Å²) in [6.07, 6.45) is 2.52. The number of thiophene rings is 1. The van der Waals surface area contributed by atoms with Gasteiger partial charge in [-0.15, -0.1) is 11.3 Å². The molecule has 1 aliphatic rings. The molecule has 4 rings (SSSR count). The second-order valence-electron chi connectivity index (χ2n) is 6.48. The number of aromatic nitrogens is 1. The molecule has 24 heavy (non-hydrogen) atoms. The maximum atomic E-state index is 5.88. The standard InChI is InChI=1S/C20H22N2OS/c1-15-18(21-20(23-15)19-10-6-12-24-19)14-22-11-5-9-17(13-22)16-7-3-2-4-8-16/h2-4,6-8,10,12,17H,5,9,11,13-14H2,1H3. The highest BCUT2D eigenvalue weighted by Gasteiger charge is 2.23. The predicted octanol–water partition coefficient (Wildman–Crippen LogP) is 5.09. The molecule has 0 N–H and O–H groups in total. The van der Waals surface area contributed by atoms with Crippen LogP contribution in [-0.4, -0.2) is 23.0 Å². The van der Waals surface area contributed by atoms with Crippen molar-refractivity contribution in [2.45, 2.75) is 32.2 Å². The Balaban J connectivity index is 1.47. The van der Waals surface area contributed by atoms with Crippen LogP contribution in [-0.2, 0) is 6.54 Å². The van der Waals surface area contributed by atoms with Gasteiger partial charge >= 0.3 is 0 Å². The fourth-order valence-electron chi connectivity index (χ4n) is 3.49. The monoisotopic (exact) mass is 338 g/mol. The van der Waals surface area contributed by atoms with Crippen LogP contribution in [0.25, 0.3) is 10.8 Å². The van der Waals surface area contributed by atoms with Crippen LogP contribution >= 0.6 is 11.3 Å². The Kier molecular flexibility index (Phi) is 4.50. The van der Waals surface area contributed by atoms with E-state index in [1.807, 2.05) is 13.0 Å². The van der Waals surface area contributed by atoms with Crippen molar-refractivity contribution in [1.29, 1.82) is 0 Å². The lowest BCUT2D eigenvalue weighted by Gasteiger charge is -2.32. The number of hydrogen-bond donors (Lipinski definition) is 0. The molecule has 0 amide bonds. The highest BCUT2D eigenvalue weighted by atomic mass is 32.1. The van der Waals surface area contributed by atoms with Crippen LogP contribution in [0.5, 0.6) is 0 Å². The van der Waals surface area contributed by atoms with Crippen LogP contribution in [0.2, 0.25) is 0 Å². The average Bonchev–Trinajstić information content (AvgIpc) is 3.27. The minimum absolute atomic E-state index is 0.629. The van der Waals surface area contributed by atoms with Crippen molar-refractivity contribution in [2.24, 2.45) is 0 Å². The molecule has 4 heteroatoms. The highest BCUT2D eigenvalue weighted by Crippen LogP contribution is 2.30. The van der Waals surface area contributed by atoms with E-state index < -0.39 is 0 Å². The van der Waals surface area contributed by atoms with Gasteiger partial charge in [0.1, 0.15) is 5.76 Å². The molecule has 1 atom stereocenters. The third kappa shape index (κ3) is 3.30. The fourth-order valence-corrected chi connectivity index (χ4v) is 4.14. The molecule has 1 aromatic carbocycles. The number of hydrogen-bond acceptors (Lipinski definition) is 4. The van der Waals surface area contributed by atoms with Gasteiger partial charge in [-0.1, -0.05) is 36.4 Å². The summed E-state index contributed by atoms with van der Waals surface area (Å²) in [5.74, 6) is 2.33. The van der Waals surface area contributed by atoms with Crippen LogP contribution < -0.4 is 0 Å². The van der Waals surface area contributed by atoms with Crippen LogP contribution in [0.4, 0.5) is 0 Å². The second-order valence-corrected chi connectivity index (χ2v) is 7.43. The molecule has 3 aromatic rings. The second kappa shape index (κ2) is 6.91. The molecule has 3 nitrogen and oxygen atoms in total. The zero-order valence-corrected chi connectivity index (χ0v) is 14.8. The van der Waals surface area contributed by atoms with E-state index in [4.69, 9.17) is 9.40 Å². The highest BCUT2D eigenvalue weighted by molar-refractivity contribution is 7.13. The molecule has 0 aliphatic carbocycles. The third-order valence-corrected chi connectivity index (χ3v) is 5.63. The van der Waals surface area contributed by atoms with E-state index in [0.29, 0.717) is 5.92 Å². The van der Waals surface area contributed by atoms with Gasteiger partial charge in [-0.2, -0.15) is 0 Å². The van der Waals surface area contributed by atoms with Gasteiger partial charge in [0.15, 0.2) is 0 Å². The van der Waals surface area contributed by atoms with Crippen molar-refractivity contribution in [3.05, 3.63) is 64.9 Å². The minimum atomic E-state index is 0.629. The molecule has 1 aliphatic heterocycles. The van der Waals surface area contributed by atoms with Gasteiger partial charge in [-0.3, -0.25) is 4.90 Å². The van der Waals surface area contributed by atoms with Gasteiger partial charge in [-0.25, -0.2) is 4.98 Å². The van der Waals surface area contributed by atoms with Crippen LogP contribution in [0.15, 0.2) is 52.3 Å². The van der Waals surface area contributed by atoms with Crippen molar-refractivity contribution in [1.82, 2.24) is 9.88 Å². The molecule has 1 fully saturated rings. The molecule has 0 radical (unpaired) electrons. The summed E-state index contributed by atoms with van der Waals surface area (Å²) in [5, 5.41) is 2.06. The van der Waals surface area contributed by atoms with E-state index in [0.717, 1.165) is 41.9 Å². The van der Waals surface area contributed by atoms with Gasteiger partial charge in [0, 0.05) is 13.1 Å². The molecule has 3 heterocycles. The first-order chi connectivity index (χ1) is 11.8. The van der Waals surface area contributed by atoms with Crippen molar-refractivity contribution in [3.63, 3.8) is 0 Å². The molecule has 124 valence electrons. The van der Waals surface area contributed by atoms with Crippen LogP contribution in [0, 0.1) is 6.92 Å². The molecule has 1 unspecified atom stereocenters. The molecule has 1 saturated heterocycles. The first-order valence-electron chi connectivity index (χ1n) is 8.57. The molecular weight excluding hydrogens is 316 g/mol. The smallest absolute Gasteiger partial charge is 0.236 e. The van der Waals surface area contributed by atoms with Gasteiger partial charge in [-0.05, 0) is 49.2 Å². The van der Waals surface area contributed by atoms with Gasteiger partial charge in [0.05, 0.1) is 10.6 Å². The van der Waals surface area contributed by atoms with Gasteiger partial charge in [0.25, 0.3) is 0 Å². The first kappa shape index (κ1) is 15.6. The third-order valence-electron chi connectivity index (χ3n) is 4.77. The van der Waals surface area contributed by atoms with Crippen LogP contribution in [0.3, 0.4) is 0 Å². The lowest BCUT2D eigenvalue weighted by atomic mass is 9.90. The first-order valence-corrected chi connectivity index (χ1v) is 9.45. The number of likely N-dealkylation sites (tertiary alicyclic amines) is 1. The molecule has 0 saturated carbocycles. The normalized spacial score (nSPS) is 18.8. The van der Waals surface area contributed by atoms with Gasteiger partial charge < -0.3 is 4.42 Å². The Morgan fingerprint density at radius 3 is 2.88 bits per heavy atom. The molecule has 0 bridgehead atoms. The minimum Gasteiger partial charge on any atom is -0.440 e. The molecule has 2 aromatic heterocycles. The Bertz CT molecular complexity index is 779. The SMILES string of the molecule is Cc1oc(-c2cccs2)nc1CN1CCCC(c2ccccc2)C1. The van der Waals surface area contributed by atoms with Gasteiger partial charge in [0.2, 0.25) is 5.89 Å². The van der Waals surface area contributed by atoms with Crippen molar-refractivity contribution in [3.8, 4) is 10.8 Å². The Morgan fingerprint density at radius 2 is 2.08 bits per heavy atom. The Morgan fingerprint density at radius 1 is 1.21 bits per heavy atom. The average molecular weight is 338 g/mol. The number of oxazole rings is 1. The number of rotatable bonds is 4. The lowest BCUT2D eigenvalue weighted by molar-refractivity contribution is 0.197. The molecule has 0 spiro atoms. The van der Waals surface area contributed by atoms with E-state index in [1.54, 1.807) is 11.3 Å². The zero-order chi connectivity index (χ0) is 16.4. The lowest BCUT2D eigenvalue weighted by Crippen LogP contribution is -2.34. The summed E-state index contributed by atoms with van der Waals surface area (Å²) in [4.78, 5) is 8.37. The summed E-state index contributed by atoms with van der Waals surface area (Å²) in [7, 11) is 0. The maximum absolute atomic E-state index is 5.88. The van der Waals surface area contributed by atoms with E-state index in [1.165, 1.54) is 18.4 Å². The largest absolute Gasteiger partial charge is 0.440 e. The van der Waals surface area contributed by atoms with Crippen LogP contribution in [0.1, 0.15) is 35.8 Å². The number of aryl methyl sites for hydroxylation is 1. The van der Waals surface area contributed by atoms with E-state index >= 15 is 0 Å². The maximum Gasteiger partial charge on any atom is 0.236 e. The number of benzene rings is 1. The Labute approximate surface area is 147 Å². The topological polar surface area (TPSA) is 29.3 Å². The zero-order valence-electron chi connectivity index (χ0n) is 13.9. The van der Waals surface area contributed by atoms with Crippen molar-refractivity contribution >= 4 is 11.3 Å². The van der Waals surface area contributed by atoms with E-state index in [-0.39, 0.29) is 0 Å². The summed E-state index contributed by atoms with van der Waals surface area (Å²) < 4.78 is 5.88. The van der Waals surface area contributed by atoms with E-state index in [9.17, 15) is 0 Å². The summed E-state index contributed by atoms with van der Waals surface area (Å²) in [5.41, 5.74) is 2.53. The fraction of sp³-hybridized carbons (Fsp3) is 0.350. The predicted molar refractivity (Wildman–Crippen MR) is 98.2 cm³/mol. The summed E-state index contributed by atoms with van der Waals surface area (Å²) in [6.45, 7) is 5.15. The van der Waals surface area contributed by atoms with Crippen molar-refractivity contribution in [2.75, 3.05) is 13.1 Å². The number of nitrogens with zero attached hydrogens (tertiary/aromatic N) is 2. The summed E-state index contributed by atoms with van der Waals surface area (Å²) in [6, 6.07) is 15.0. The Hall–Kier alpha value is -1.91. The quantitative estimate of drug-likeness (QED) is 0.663. The summed E-state index contributed by atoms with van der Waals surface area (Å²) >= 11 is 1.67. The molecular formula is C20H22N2OS. The van der Waals surface area contributed by atoms with E-state index in [2.05, 4.69) is 46.7 Å².